The molecule has 0 radical (unpaired) electrons. The Morgan fingerprint density at radius 1 is 0.900 bits per heavy atom. The Kier molecular flexibility index (Phi) is 9.20. The number of nitrogens with zero attached hydrogens (tertiary/aromatic N) is 2. The van der Waals surface area contributed by atoms with Gasteiger partial charge in [-0.25, -0.2) is 8.42 Å². The van der Waals surface area contributed by atoms with Crippen LogP contribution in [0.2, 0.25) is 10.0 Å². The number of carbonyl (C=O) groups excluding carboxylic acids is 1. The van der Waals surface area contributed by atoms with Gasteiger partial charge in [0.15, 0.2) is 0 Å². The average Bonchev–Trinajstić information content (AvgIpc) is 2.96. The van der Waals surface area contributed by atoms with Gasteiger partial charge < -0.3 is 9.64 Å². The zero-order valence-corrected chi connectivity index (χ0v) is 24.5. The van der Waals surface area contributed by atoms with E-state index in [1.54, 1.807) is 47.4 Å². The zero-order valence-electron chi connectivity index (χ0n) is 22.2. The van der Waals surface area contributed by atoms with E-state index in [0.29, 0.717) is 34.6 Å². The molecule has 1 heterocycles. The summed E-state index contributed by atoms with van der Waals surface area (Å²) in [6.07, 6.45) is 6.56. The summed E-state index contributed by atoms with van der Waals surface area (Å²) < 4.78 is 34.9. The summed E-state index contributed by atoms with van der Waals surface area (Å²) in [4.78, 5) is 17.8. The highest BCUT2D eigenvalue weighted by molar-refractivity contribution is 7.92. The number of piperazine rings is 1. The first-order valence-corrected chi connectivity index (χ1v) is 15.9. The number of anilines is 1. The molecule has 0 aromatic heterocycles. The van der Waals surface area contributed by atoms with Gasteiger partial charge in [0, 0.05) is 37.7 Å². The molecule has 1 amide bonds. The van der Waals surface area contributed by atoms with Crippen molar-refractivity contribution in [3.63, 3.8) is 0 Å². The van der Waals surface area contributed by atoms with Crippen LogP contribution in [0.4, 0.5) is 5.69 Å². The summed E-state index contributed by atoms with van der Waals surface area (Å²) >= 11 is 12.4. The van der Waals surface area contributed by atoms with Crippen molar-refractivity contribution in [2.75, 3.05) is 37.4 Å². The van der Waals surface area contributed by atoms with Crippen molar-refractivity contribution in [2.45, 2.75) is 37.0 Å². The topological polar surface area (TPSA) is 78.9 Å². The lowest BCUT2D eigenvalue weighted by atomic mass is 9.89. The number of rotatable bonds is 8. The minimum absolute atomic E-state index is 0.0312. The molecular weight excluding hydrogens is 569 g/mol. The summed E-state index contributed by atoms with van der Waals surface area (Å²) in [6.45, 7) is 3.90. The number of ether oxygens (including phenoxy) is 1. The standard InChI is InChI=1S/C30H33Cl2N3O4S/c31-23-10-15-28(26(20-23)30(36)35-18-16-34(17-19-35)21-22-6-2-1-3-7-22)33-40(37,38)25-13-11-24(12-14-25)39-29-9-5-4-8-27(29)32/h4-5,8-15,20,22,33H,1-3,6-7,16-19,21H2. The number of halogens is 2. The van der Waals surface area contributed by atoms with E-state index in [2.05, 4.69) is 9.62 Å². The maximum absolute atomic E-state index is 13.5. The summed E-state index contributed by atoms with van der Waals surface area (Å²) in [5.74, 6) is 1.43. The van der Waals surface area contributed by atoms with Crippen molar-refractivity contribution in [3.05, 3.63) is 82.3 Å². The van der Waals surface area contributed by atoms with Gasteiger partial charge in [0.1, 0.15) is 11.5 Å². The molecule has 0 atom stereocenters. The SMILES string of the molecule is O=C(c1cc(Cl)ccc1NS(=O)(=O)c1ccc(Oc2ccccc2Cl)cc1)N1CCN(CC2CCCCC2)CC1. The van der Waals surface area contributed by atoms with Crippen LogP contribution in [-0.2, 0) is 10.0 Å². The highest BCUT2D eigenvalue weighted by Crippen LogP contribution is 2.31. The number of amides is 1. The third kappa shape index (κ3) is 7.10. The van der Waals surface area contributed by atoms with E-state index in [0.717, 1.165) is 25.6 Å². The lowest BCUT2D eigenvalue weighted by Crippen LogP contribution is -2.50. The summed E-state index contributed by atoms with van der Waals surface area (Å²) in [5, 5.41) is 0.815. The second kappa shape index (κ2) is 12.8. The number of sulfonamides is 1. The van der Waals surface area contributed by atoms with Crippen LogP contribution in [-0.4, -0.2) is 56.8 Å². The average molecular weight is 603 g/mol. The van der Waals surface area contributed by atoms with Gasteiger partial charge in [0.25, 0.3) is 15.9 Å². The second-order valence-corrected chi connectivity index (χ2v) is 12.9. The van der Waals surface area contributed by atoms with Crippen LogP contribution >= 0.6 is 23.2 Å². The largest absolute Gasteiger partial charge is 0.456 e. The van der Waals surface area contributed by atoms with Gasteiger partial charge >= 0.3 is 0 Å². The van der Waals surface area contributed by atoms with Crippen molar-refractivity contribution in [1.82, 2.24) is 9.80 Å². The Labute approximate surface area is 246 Å². The maximum atomic E-state index is 13.5. The molecule has 7 nitrogen and oxygen atoms in total. The third-order valence-corrected chi connectivity index (χ3v) is 9.48. The minimum atomic E-state index is -3.99. The van der Waals surface area contributed by atoms with E-state index in [1.165, 1.54) is 56.4 Å². The van der Waals surface area contributed by atoms with E-state index >= 15 is 0 Å². The molecule has 1 aliphatic carbocycles. The Morgan fingerprint density at radius 3 is 2.30 bits per heavy atom. The molecule has 2 aliphatic rings. The molecule has 212 valence electrons. The second-order valence-electron chi connectivity index (χ2n) is 10.4. The van der Waals surface area contributed by atoms with Gasteiger partial charge in [-0.15, -0.1) is 0 Å². The molecule has 0 spiro atoms. The van der Waals surface area contributed by atoms with Crippen molar-refractivity contribution >= 4 is 44.8 Å². The lowest BCUT2D eigenvalue weighted by molar-refractivity contribution is 0.0607. The Bertz CT molecular complexity index is 1440. The number of nitrogens with one attached hydrogen (secondary N) is 1. The first kappa shape index (κ1) is 28.7. The molecule has 40 heavy (non-hydrogen) atoms. The molecule has 3 aromatic rings. The van der Waals surface area contributed by atoms with E-state index < -0.39 is 10.0 Å². The van der Waals surface area contributed by atoms with Gasteiger partial charge in [-0.2, -0.15) is 0 Å². The van der Waals surface area contributed by atoms with Gasteiger partial charge in [0.2, 0.25) is 0 Å². The minimum Gasteiger partial charge on any atom is -0.456 e. The van der Waals surface area contributed by atoms with Gasteiger partial charge in [0.05, 0.1) is 21.2 Å². The van der Waals surface area contributed by atoms with Crippen LogP contribution < -0.4 is 9.46 Å². The molecule has 5 rings (SSSR count). The number of benzene rings is 3. The maximum Gasteiger partial charge on any atom is 0.261 e. The monoisotopic (exact) mass is 601 g/mol. The molecule has 3 aromatic carbocycles. The highest BCUT2D eigenvalue weighted by Gasteiger charge is 2.27. The highest BCUT2D eigenvalue weighted by atomic mass is 35.5. The Morgan fingerprint density at radius 2 is 1.60 bits per heavy atom. The molecule has 1 saturated carbocycles. The van der Waals surface area contributed by atoms with E-state index in [4.69, 9.17) is 27.9 Å². The normalized spacial score (nSPS) is 17.0. The molecule has 0 bridgehead atoms. The molecule has 0 unspecified atom stereocenters. The van der Waals surface area contributed by atoms with Crippen molar-refractivity contribution in [3.8, 4) is 11.5 Å². The van der Waals surface area contributed by atoms with E-state index in [1.807, 2.05) is 0 Å². The van der Waals surface area contributed by atoms with Crippen molar-refractivity contribution in [1.29, 1.82) is 0 Å². The summed E-state index contributed by atoms with van der Waals surface area (Å²) in [7, 11) is -3.99. The van der Waals surface area contributed by atoms with E-state index in [-0.39, 0.29) is 22.1 Å². The first-order valence-electron chi connectivity index (χ1n) is 13.6. The predicted molar refractivity (Wildman–Crippen MR) is 159 cm³/mol. The quantitative estimate of drug-likeness (QED) is 0.303. The van der Waals surface area contributed by atoms with Crippen LogP contribution in [0.5, 0.6) is 11.5 Å². The van der Waals surface area contributed by atoms with E-state index in [9.17, 15) is 13.2 Å². The lowest BCUT2D eigenvalue weighted by Gasteiger charge is -2.37. The predicted octanol–water partition coefficient (Wildman–Crippen LogP) is 6.92. The van der Waals surface area contributed by atoms with Crippen molar-refractivity contribution < 1.29 is 17.9 Å². The van der Waals surface area contributed by atoms with Crippen LogP contribution in [0, 0.1) is 5.92 Å². The summed E-state index contributed by atoms with van der Waals surface area (Å²) in [5.41, 5.74) is 0.422. The fraction of sp³-hybridized carbons (Fsp3) is 0.367. The Balaban J connectivity index is 1.25. The summed E-state index contributed by atoms with van der Waals surface area (Å²) in [6, 6.07) is 17.6. The molecule has 1 N–H and O–H groups in total. The number of para-hydroxylation sites is 1. The molecule has 2 fully saturated rings. The van der Waals surface area contributed by atoms with Crippen molar-refractivity contribution in [2.24, 2.45) is 5.92 Å². The number of hydrogen-bond acceptors (Lipinski definition) is 5. The van der Waals surface area contributed by atoms with Crippen LogP contribution in [0.3, 0.4) is 0 Å². The zero-order chi connectivity index (χ0) is 28.1. The molecule has 10 heteroatoms. The number of carbonyl (C=O) groups is 1. The van der Waals surface area contributed by atoms with Crippen LogP contribution in [0.1, 0.15) is 42.5 Å². The number of hydrogen-bond donors (Lipinski definition) is 1. The fourth-order valence-electron chi connectivity index (χ4n) is 5.37. The molecule has 1 aliphatic heterocycles. The first-order chi connectivity index (χ1) is 19.3. The molecular formula is C30H33Cl2N3O4S. The van der Waals surface area contributed by atoms with Gasteiger partial charge in [-0.3, -0.25) is 14.4 Å². The fourth-order valence-corrected chi connectivity index (χ4v) is 6.79. The third-order valence-electron chi connectivity index (χ3n) is 7.56. The Hall–Kier alpha value is -2.78. The smallest absolute Gasteiger partial charge is 0.261 e. The van der Waals surface area contributed by atoms with Gasteiger partial charge in [-0.05, 0) is 73.4 Å². The van der Waals surface area contributed by atoms with Crippen LogP contribution in [0.15, 0.2) is 71.6 Å². The molecule has 1 saturated heterocycles. The van der Waals surface area contributed by atoms with Gasteiger partial charge in [-0.1, -0.05) is 54.6 Å². The van der Waals surface area contributed by atoms with Crippen LogP contribution in [0.25, 0.3) is 0 Å².